The molecule has 0 saturated heterocycles. The van der Waals surface area contributed by atoms with Crippen molar-refractivity contribution >= 4 is 23.8 Å². The number of alkyl carbamates (subject to hydrolysis) is 1. The molecule has 1 amide bonds. The highest BCUT2D eigenvalue weighted by Crippen LogP contribution is 2.44. The molecule has 0 spiro atoms. The zero-order valence-electron chi connectivity index (χ0n) is 16.1. The third-order valence-electron chi connectivity index (χ3n) is 5.01. The number of nitrogens with one attached hydrogen (secondary N) is 1. The van der Waals surface area contributed by atoms with Crippen LogP contribution in [-0.4, -0.2) is 24.2 Å². The highest BCUT2D eigenvalue weighted by atomic mass is 35.5. The van der Waals surface area contributed by atoms with Gasteiger partial charge in [0.2, 0.25) is 0 Å². The predicted molar refractivity (Wildman–Crippen MR) is 116 cm³/mol. The largest absolute Gasteiger partial charge is 0.449 e. The Labute approximate surface area is 175 Å². The first-order valence-electron chi connectivity index (χ1n) is 9.51. The average molecular weight is 405 g/mol. The van der Waals surface area contributed by atoms with Crippen molar-refractivity contribution in [3.63, 3.8) is 0 Å². The van der Waals surface area contributed by atoms with E-state index in [1.165, 1.54) is 22.3 Å². The molecule has 146 valence electrons. The van der Waals surface area contributed by atoms with E-state index in [-0.39, 0.29) is 5.92 Å². The summed E-state index contributed by atoms with van der Waals surface area (Å²) >= 11 is 6.07. The van der Waals surface area contributed by atoms with Gasteiger partial charge in [-0.15, -0.1) is 0 Å². The number of hydrogen-bond donors (Lipinski definition) is 1. The van der Waals surface area contributed by atoms with Crippen LogP contribution in [0.1, 0.15) is 28.2 Å². The van der Waals surface area contributed by atoms with Gasteiger partial charge in [-0.25, -0.2) is 9.78 Å². The minimum Gasteiger partial charge on any atom is -0.449 e. The summed E-state index contributed by atoms with van der Waals surface area (Å²) in [6.45, 7) is 2.60. The molecule has 1 aliphatic carbocycles. The number of hydrogen-bond acceptors (Lipinski definition) is 3. The van der Waals surface area contributed by atoms with Gasteiger partial charge in [-0.2, -0.15) is 0 Å². The molecular weight excluding hydrogens is 384 g/mol. The van der Waals surface area contributed by atoms with Crippen LogP contribution in [0.4, 0.5) is 4.79 Å². The zero-order chi connectivity index (χ0) is 20.2. The number of amides is 1. The molecule has 29 heavy (non-hydrogen) atoms. The summed E-state index contributed by atoms with van der Waals surface area (Å²) in [5.41, 5.74) is 6.66. The van der Waals surface area contributed by atoms with Crippen LogP contribution in [0.2, 0.25) is 5.15 Å². The Morgan fingerprint density at radius 1 is 1.14 bits per heavy atom. The molecular formula is C24H21ClN2O2. The minimum atomic E-state index is -0.440. The number of fused-ring (bicyclic) bond motifs is 3. The van der Waals surface area contributed by atoms with Gasteiger partial charge in [-0.05, 0) is 40.8 Å². The third-order valence-corrected chi connectivity index (χ3v) is 5.32. The molecule has 0 atom stereocenters. The van der Waals surface area contributed by atoms with E-state index in [0.717, 1.165) is 11.1 Å². The maximum absolute atomic E-state index is 12.2. The van der Waals surface area contributed by atoms with E-state index in [9.17, 15) is 4.79 Å². The highest BCUT2D eigenvalue weighted by Gasteiger charge is 2.28. The fourth-order valence-electron chi connectivity index (χ4n) is 3.67. The van der Waals surface area contributed by atoms with E-state index < -0.39 is 6.09 Å². The molecule has 0 unspecified atom stereocenters. The quantitative estimate of drug-likeness (QED) is 0.563. The van der Waals surface area contributed by atoms with E-state index in [1.54, 1.807) is 6.20 Å². The van der Waals surface area contributed by atoms with E-state index in [2.05, 4.69) is 34.6 Å². The average Bonchev–Trinajstić information content (AvgIpc) is 3.06. The lowest BCUT2D eigenvalue weighted by atomic mass is 9.98. The molecule has 0 fully saturated rings. The fourth-order valence-corrected chi connectivity index (χ4v) is 3.84. The van der Waals surface area contributed by atoms with Crippen molar-refractivity contribution in [2.45, 2.75) is 12.8 Å². The Balaban J connectivity index is 1.34. The Morgan fingerprint density at radius 2 is 1.79 bits per heavy atom. The van der Waals surface area contributed by atoms with Crippen molar-refractivity contribution in [1.29, 1.82) is 0 Å². The molecule has 0 bridgehead atoms. The van der Waals surface area contributed by atoms with Crippen LogP contribution in [0.25, 0.3) is 17.2 Å². The summed E-state index contributed by atoms with van der Waals surface area (Å²) in [6.07, 6.45) is 4.94. The molecule has 5 heteroatoms. The lowest BCUT2D eigenvalue weighted by Crippen LogP contribution is -2.26. The van der Waals surface area contributed by atoms with Crippen LogP contribution in [-0.2, 0) is 4.74 Å². The van der Waals surface area contributed by atoms with Crippen LogP contribution in [0, 0.1) is 6.92 Å². The molecule has 0 aliphatic heterocycles. The van der Waals surface area contributed by atoms with Crippen LogP contribution in [0.5, 0.6) is 0 Å². The maximum Gasteiger partial charge on any atom is 0.407 e. The number of ether oxygens (including phenoxy) is 1. The second-order valence-corrected chi connectivity index (χ2v) is 7.36. The molecule has 3 aromatic rings. The van der Waals surface area contributed by atoms with Gasteiger partial charge in [0.25, 0.3) is 0 Å². The van der Waals surface area contributed by atoms with Crippen molar-refractivity contribution in [3.05, 3.63) is 94.3 Å². The summed E-state index contributed by atoms with van der Waals surface area (Å²) < 4.78 is 5.51. The topological polar surface area (TPSA) is 51.2 Å². The number of aryl methyl sites for hydroxylation is 1. The number of benzene rings is 2. The summed E-state index contributed by atoms with van der Waals surface area (Å²) in [5.74, 6) is 0.0564. The number of halogens is 1. The molecule has 1 aromatic heterocycles. The molecule has 1 N–H and O–H groups in total. The van der Waals surface area contributed by atoms with Crippen LogP contribution in [0.3, 0.4) is 0 Å². The SMILES string of the molecule is Cc1cnc(Cl)c(C=CCNC(=O)OCC2c3ccccc3-c3ccccc32)c1. The second-order valence-electron chi connectivity index (χ2n) is 7.00. The summed E-state index contributed by atoms with van der Waals surface area (Å²) in [4.78, 5) is 16.3. The van der Waals surface area contributed by atoms with E-state index >= 15 is 0 Å². The van der Waals surface area contributed by atoms with Gasteiger partial charge < -0.3 is 10.1 Å². The minimum absolute atomic E-state index is 0.0564. The van der Waals surface area contributed by atoms with E-state index in [4.69, 9.17) is 16.3 Å². The van der Waals surface area contributed by atoms with Gasteiger partial charge in [0.15, 0.2) is 0 Å². The summed E-state index contributed by atoms with van der Waals surface area (Å²) in [7, 11) is 0. The molecule has 4 nitrogen and oxygen atoms in total. The number of carbonyl (C=O) groups is 1. The number of pyridine rings is 1. The molecule has 1 heterocycles. The van der Waals surface area contributed by atoms with Crippen molar-refractivity contribution < 1.29 is 9.53 Å². The highest BCUT2D eigenvalue weighted by molar-refractivity contribution is 6.30. The van der Waals surface area contributed by atoms with E-state index in [1.807, 2.05) is 49.4 Å². The number of aromatic nitrogens is 1. The third kappa shape index (κ3) is 4.17. The standard InChI is InChI=1S/C24H21ClN2O2/c1-16-13-17(23(25)27-14-16)7-6-12-26-24(28)29-15-22-20-10-4-2-8-18(20)19-9-3-5-11-21(19)22/h2-11,13-14,22H,12,15H2,1H3,(H,26,28). The van der Waals surface area contributed by atoms with Gasteiger partial charge in [0.05, 0.1) is 0 Å². The fraction of sp³-hybridized carbons (Fsp3) is 0.167. The molecule has 0 radical (unpaired) electrons. The maximum atomic E-state index is 12.2. The van der Waals surface area contributed by atoms with Gasteiger partial charge in [0.1, 0.15) is 11.8 Å². The molecule has 2 aromatic carbocycles. The first-order chi connectivity index (χ1) is 14.1. The van der Waals surface area contributed by atoms with Gasteiger partial charge >= 0.3 is 6.09 Å². The van der Waals surface area contributed by atoms with Gasteiger partial charge in [0, 0.05) is 24.2 Å². The number of carbonyl (C=O) groups excluding carboxylic acids is 1. The first kappa shape index (κ1) is 19.2. The smallest absolute Gasteiger partial charge is 0.407 e. The molecule has 0 saturated carbocycles. The first-order valence-corrected chi connectivity index (χ1v) is 9.89. The Morgan fingerprint density at radius 3 is 2.48 bits per heavy atom. The van der Waals surface area contributed by atoms with Crippen LogP contribution in [0.15, 0.2) is 66.9 Å². The molecule has 1 aliphatic rings. The van der Waals surface area contributed by atoms with Crippen molar-refractivity contribution in [2.75, 3.05) is 13.2 Å². The lowest BCUT2D eigenvalue weighted by Gasteiger charge is -2.14. The number of nitrogens with zero attached hydrogens (tertiary/aromatic N) is 1. The second kappa shape index (κ2) is 8.50. The Bertz CT molecular complexity index is 1030. The Kier molecular flexibility index (Phi) is 5.63. The number of rotatable bonds is 5. The van der Waals surface area contributed by atoms with Crippen molar-refractivity contribution in [2.24, 2.45) is 0 Å². The molecule has 4 rings (SSSR count). The zero-order valence-corrected chi connectivity index (χ0v) is 16.8. The van der Waals surface area contributed by atoms with Gasteiger partial charge in [-0.3, -0.25) is 0 Å². The predicted octanol–water partition coefficient (Wildman–Crippen LogP) is 5.60. The lowest BCUT2D eigenvalue weighted by molar-refractivity contribution is 0.144. The van der Waals surface area contributed by atoms with Crippen LogP contribution < -0.4 is 5.32 Å². The summed E-state index contributed by atoms with van der Waals surface area (Å²) in [5, 5.41) is 3.19. The van der Waals surface area contributed by atoms with Gasteiger partial charge in [-0.1, -0.05) is 72.3 Å². The monoisotopic (exact) mass is 404 g/mol. The normalized spacial score (nSPS) is 12.6. The van der Waals surface area contributed by atoms with Crippen LogP contribution >= 0.6 is 11.6 Å². The van der Waals surface area contributed by atoms with Crippen molar-refractivity contribution in [1.82, 2.24) is 10.3 Å². The Hall–Kier alpha value is -3.11. The summed E-state index contributed by atoms with van der Waals surface area (Å²) in [6, 6.07) is 18.5. The van der Waals surface area contributed by atoms with E-state index in [0.29, 0.717) is 18.3 Å². The van der Waals surface area contributed by atoms with Crippen molar-refractivity contribution in [3.8, 4) is 11.1 Å².